The van der Waals surface area contributed by atoms with Crippen LogP contribution in [0.3, 0.4) is 0 Å². The fraction of sp³-hybridized carbons (Fsp3) is 0.409. The van der Waals surface area contributed by atoms with Gasteiger partial charge in [0.1, 0.15) is 6.26 Å². The van der Waals surface area contributed by atoms with Gasteiger partial charge >= 0.3 is 0 Å². The third-order valence-corrected chi connectivity index (χ3v) is 4.92. The summed E-state index contributed by atoms with van der Waals surface area (Å²) in [5, 5.41) is 11.1. The molecule has 3 aromatic rings. The van der Waals surface area contributed by atoms with Gasteiger partial charge in [-0.2, -0.15) is 5.10 Å². The number of benzene rings is 1. The smallest absolute Gasteiger partial charge is 0.226 e. The third kappa shape index (κ3) is 5.25. The van der Waals surface area contributed by atoms with E-state index in [0.29, 0.717) is 12.4 Å². The van der Waals surface area contributed by atoms with E-state index in [1.165, 1.54) is 11.1 Å². The molecule has 0 bridgehead atoms. The summed E-state index contributed by atoms with van der Waals surface area (Å²) in [7, 11) is 1.96. The highest BCUT2D eigenvalue weighted by atomic mass is 16.3. The van der Waals surface area contributed by atoms with Gasteiger partial charge in [-0.3, -0.25) is 4.68 Å². The van der Waals surface area contributed by atoms with Crippen molar-refractivity contribution in [2.24, 2.45) is 12.0 Å². The fourth-order valence-electron chi connectivity index (χ4n) is 3.11. The van der Waals surface area contributed by atoms with E-state index in [9.17, 15) is 0 Å². The van der Waals surface area contributed by atoms with Crippen molar-refractivity contribution in [3.8, 4) is 11.5 Å². The third-order valence-electron chi connectivity index (χ3n) is 4.92. The quantitative estimate of drug-likeness (QED) is 0.475. The molecule has 29 heavy (non-hydrogen) atoms. The Bertz CT molecular complexity index is 968. The van der Waals surface area contributed by atoms with Crippen LogP contribution in [0.5, 0.6) is 0 Å². The van der Waals surface area contributed by atoms with Crippen molar-refractivity contribution in [3.63, 3.8) is 0 Å². The van der Waals surface area contributed by atoms with Crippen LogP contribution in [-0.2, 0) is 20.0 Å². The Labute approximate surface area is 172 Å². The molecule has 0 atom stereocenters. The number of aromatic nitrogens is 3. The molecule has 0 spiro atoms. The fourth-order valence-corrected chi connectivity index (χ4v) is 3.11. The summed E-state index contributed by atoms with van der Waals surface area (Å²) in [5.74, 6) is 1.44. The number of rotatable bonds is 7. The molecule has 154 valence electrons. The topological polar surface area (TPSA) is 80.3 Å². The molecule has 2 heterocycles. The molecule has 0 fully saturated rings. The average Bonchev–Trinajstić information content (AvgIpc) is 3.26. The van der Waals surface area contributed by atoms with E-state index < -0.39 is 0 Å². The summed E-state index contributed by atoms with van der Waals surface area (Å²) < 4.78 is 7.54. The summed E-state index contributed by atoms with van der Waals surface area (Å²) >= 11 is 0. The molecule has 0 aliphatic heterocycles. The number of nitrogens with one attached hydrogen (secondary N) is 2. The summed E-state index contributed by atoms with van der Waals surface area (Å²) in [6, 6.07) is 8.18. The van der Waals surface area contributed by atoms with Crippen LogP contribution in [0.2, 0.25) is 0 Å². The molecule has 0 aliphatic rings. The summed E-state index contributed by atoms with van der Waals surface area (Å²) in [6.45, 7) is 10.3. The molecule has 2 aromatic heterocycles. The van der Waals surface area contributed by atoms with Gasteiger partial charge in [-0.15, -0.1) is 0 Å². The molecule has 0 unspecified atom stereocenters. The minimum absolute atomic E-state index is 0.600. The molecule has 0 radical (unpaired) electrons. The lowest BCUT2D eigenvalue weighted by atomic mass is 10.1. The van der Waals surface area contributed by atoms with Crippen LogP contribution in [0.4, 0.5) is 0 Å². The van der Waals surface area contributed by atoms with Gasteiger partial charge in [0.15, 0.2) is 5.96 Å². The molecule has 2 N–H and O–H groups in total. The number of oxazole rings is 1. The average molecular weight is 395 g/mol. The number of nitrogens with zero attached hydrogens (tertiary/aromatic N) is 4. The zero-order chi connectivity index (χ0) is 20.8. The maximum Gasteiger partial charge on any atom is 0.226 e. The molecule has 1 aromatic carbocycles. The van der Waals surface area contributed by atoms with Crippen molar-refractivity contribution in [2.75, 3.05) is 13.1 Å². The van der Waals surface area contributed by atoms with Gasteiger partial charge in [-0.25, -0.2) is 9.98 Å². The molecular formula is C22H30N6O. The molecule has 3 rings (SSSR count). The van der Waals surface area contributed by atoms with E-state index in [1.807, 2.05) is 30.8 Å². The lowest BCUT2D eigenvalue weighted by Crippen LogP contribution is -2.38. The van der Waals surface area contributed by atoms with Gasteiger partial charge in [0.05, 0.1) is 17.9 Å². The number of aliphatic imine (C=N–C) groups is 1. The van der Waals surface area contributed by atoms with Crippen LogP contribution < -0.4 is 10.6 Å². The SMILES string of the molecule is CCNC(=NCc1c(C)nn(C)c1C)NCCc1coc(-c2ccc(C)cc2)n1. The van der Waals surface area contributed by atoms with E-state index in [1.54, 1.807) is 6.26 Å². The number of aryl methyl sites for hydroxylation is 3. The van der Waals surface area contributed by atoms with Crippen LogP contribution in [0.15, 0.2) is 39.9 Å². The molecule has 7 nitrogen and oxygen atoms in total. The van der Waals surface area contributed by atoms with E-state index in [0.717, 1.165) is 48.1 Å². The molecule has 0 saturated heterocycles. The van der Waals surface area contributed by atoms with Crippen LogP contribution in [-0.4, -0.2) is 33.8 Å². The molecule has 0 amide bonds. The van der Waals surface area contributed by atoms with Crippen molar-refractivity contribution < 1.29 is 4.42 Å². The van der Waals surface area contributed by atoms with Crippen molar-refractivity contribution in [1.29, 1.82) is 0 Å². The maximum atomic E-state index is 5.64. The monoisotopic (exact) mass is 394 g/mol. The Morgan fingerprint density at radius 2 is 1.90 bits per heavy atom. The van der Waals surface area contributed by atoms with Crippen molar-refractivity contribution >= 4 is 5.96 Å². The zero-order valence-electron chi connectivity index (χ0n) is 17.9. The first-order valence-corrected chi connectivity index (χ1v) is 10.0. The second kappa shape index (κ2) is 9.41. The highest BCUT2D eigenvalue weighted by Crippen LogP contribution is 2.19. The van der Waals surface area contributed by atoms with Crippen LogP contribution in [0.1, 0.15) is 35.1 Å². The standard InChI is InChI=1S/C22H30N6O/c1-6-23-22(25-13-20-16(3)27-28(5)17(20)4)24-12-11-19-14-29-21(26-19)18-9-7-15(2)8-10-18/h7-10,14H,6,11-13H2,1-5H3,(H2,23,24,25). The minimum atomic E-state index is 0.600. The number of hydrogen-bond acceptors (Lipinski definition) is 4. The second-order valence-electron chi connectivity index (χ2n) is 7.15. The summed E-state index contributed by atoms with van der Waals surface area (Å²) in [5.41, 5.74) is 6.47. The normalized spacial score (nSPS) is 11.7. The Hall–Kier alpha value is -3.09. The number of hydrogen-bond donors (Lipinski definition) is 2. The van der Waals surface area contributed by atoms with Gasteiger partial charge in [0, 0.05) is 43.4 Å². The van der Waals surface area contributed by atoms with E-state index >= 15 is 0 Å². The van der Waals surface area contributed by atoms with Crippen molar-refractivity contribution in [1.82, 2.24) is 25.4 Å². The van der Waals surface area contributed by atoms with Crippen LogP contribution in [0.25, 0.3) is 11.5 Å². The van der Waals surface area contributed by atoms with Gasteiger partial charge < -0.3 is 15.1 Å². The van der Waals surface area contributed by atoms with Crippen molar-refractivity contribution in [3.05, 3.63) is 58.7 Å². The Balaban J connectivity index is 1.57. The zero-order valence-corrected chi connectivity index (χ0v) is 17.9. The second-order valence-corrected chi connectivity index (χ2v) is 7.15. The van der Waals surface area contributed by atoms with E-state index in [-0.39, 0.29) is 0 Å². The lowest BCUT2D eigenvalue weighted by Gasteiger charge is -2.10. The molecular weight excluding hydrogens is 364 g/mol. The highest BCUT2D eigenvalue weighted by molar-refractivity contribution is 5.79. The Morgan fingerprint density at radius 3 is 2.55 bits per heavy atom. The molecule has 0 aliphatic carbocycles. The van der Waals surface area contributed by atoms with Crippen LogP contribution in [0, 0.1) is 20.8 Å². The van der Waals surface area contributed by atoms with Gasteiger partial charge in [-0.05, 0) is 39.8 Å². The first kappa shape index (κ1) is 20.6. The van der Waals surface area contributed by atoms with Gasteiger partial charge in [0.25, 0.3) is 0 Å². The molecule has 0 saturated carbocycles. The number of guanidine groups is 1. The predicted octanol–water partition coefficient (Wildman–Crippen LogP) is 3.30. The Morgan fingerprint density at radius 1 is 1.14 bits per heavy atom. The highest BCUT2D eigenvalue weighted by Gasteiger charge is 2.10. The Kier molecular flexibility index (Phi) is 6.69. The summed E-state index contributed by atoms with van der Waals surface area (Å²) in [4.78, 5) is 9.30. The van der Waals surface area contributed by atoms with Crippen LogP contribution >= 0.6 is 0 Å². The minimum Gasteiger partial charge on any atom is -0.444 e. The van der Waals surface area contributed by atoms with Crippen molar-refractivity contribution in [2.45, 2.75) is 40.7 Å². The van der Waals surface area contributed by atoms with E-state index in [2.05, 4.69) is 53.6 Å². The largest absolute Gasteiger partial charge is 0.444 e. The maximum absolute atomic E-state index is 5.64. The predicted molar refractivity (Wildman–Crippen MR) is 116 cm³/mol. The lowest BCUT2D eigenvalue weighted by molar-refractivity contribution is 0.572. The van der Waals surface area contributed by atoms with E-state index in [4.69, 9.17) is 9.41 Å². The summed E-state index contributed by atoms with van der Waals surface area (Å²) in [6.07, 6.45) is 2.48. The first-order valence-electron chi connectivity index (χ1n) is 10.0. The first-order chi connectivity index (χ1) is 14.0. The van der Waals surface area contributed by atoms with Gasteiger partial charge in [-0.1, -0.05) is 17.7 Å². The molecule has 7 heteroatoms. The van der Waals surface area contributed by atoms with Gasteiger partial charge in [0.2, 0.25) is 5.89 Å².